The van der Waals surface area contributed by atoms with E-state index in [2.05, 4.69) is 21.2 Å². The monoisotopic (exact) mass is 432 g/mol. The fourth-order valence-corrected chi connectivity index (χ4v) is 3.56. The highest BCUT2D eigenvalue weighted by Gasteiger charge is 2.40. The number of nitrogens with one attached hydrogen (secondary N) is 1. The van der Waals surface area contributed by atoms with Crippen molar-refractivity contribution in [2.24, 2.45) is 0 Å². The zero-order valence-corrected chi connectivity index (χ0v) is 16.7. The highest BCUT2D eigenvalue weighted by atomic mass is 79.9. The molecule has 0 saturated carbocycles. The van der Waals surface area contributed by atoms with Crippen LogP contribution in [0.25, 0.3) is 0 Å². The lowest BCUT2D eigenvalue weighted by Crippen LogP contribution is -2.44. The standard InChI is InChI=1S/C20H21BrN2O4/c1-12-8-16(21)17(9-13(12)2)22-19(25)18-10-14(24)11-23(18)20(26)27-15-6-4-3-5-7-15/h3-9,14,18,24H,10-11H2,1-2H3,(H,22,25)/t14-,18-/m0/s1. The predicted octanol–water partition coefficient (Wildman–Crippen LogP) is 3.64. The van der Waals surface area contributed by atoms with Crippen molar-refractivity contribution in [1.29, 1.82) is 0 Å². The van der Waals surface area contributed by atoms with E-state index in [9.17, 15) is 14.7 Å². The van der Waals surface area contributed by atoms with Crippen molar-refractivity contribution in [2.75, 3.05) is 11.9 Å². The second-order valence-corrected chi connectivity index (χ2v) is 7.50. The van der Waals surface area contributed by atoms with Gasteiger partial charge in [0.2, 0.25) is 5.91 Å². The van der Waals surface area contributed by atoms with Gasteiger partial charge >= 0.3 is 6.09 Å². The number of hydrogen-bond acceptors (Lipinski definition) is 4. The van der Waals surface area contributed by atoms with Gasteiger partial charge in [-0.1, -0.05) is 18.2 Å². The first kappa shape index (κ1) is 19.4. The smallest absolute Gasteiger partial charge is 0.410 e. The zero-order chi connectivity index (χ0) is 19.6. The van der Waals surface area contributed by atoms with Crippen LogP contribution in [0.15, 0.2) is 46.9 Å². The number of nitrogens with zero attached hydrogens (tertiary/aromatic N) is 1. The van der Waals surface area contributed by atoms with Crippen molar-refractivity contribution in [3.05, 3.63) is 58.1 Å². The van der Waals surface area contributed by atoms with E-state index in [1.807, 2.05) is 32.0 Å². The van der Waals surface area contributed by atoms with Crippen molar-refractivity contribution in [3.63, 3.8) is 0 Å². The van der Waals surface area contributed by atoms with E-state index in [4.69, 9.17) is 4.74 Å². The third-order valence-electron chi connectivity index (χ3n) is 4.61. The number of carbonyl (C=O) groups is 2. The molecule has 2 aromatic carbocycles. The Morgan fingerprint density at radius 1 is 1.19 bits per heavy atom. The minimum Gasteiger partial charge on any atom is -0.410 e. The first-order chi connectivity index (χ1) is 12.8. The van der Waals surface area contributed by atoms with E-state index >= 15 is 0 Å². The number of aliphatic hydroxyl groups is 1. The fraction of sp³-hybridized carbons (Fsp3) is 0.300. The number of ether oxygens (including phenoxy) is 1. The maximum absolute atomic E-state index is 12.8. The van der Waals surface area contributed by atoms with Gasteiger partial charge in [0.25, 0.3) is 0 Å². The number of β-amino-alcohol motifs (C(OH)–C–C–N with tert-alkyl or cyclic N) is 1. The first-order valence-corrected chi connectivity index (χ1v) is 9.43. The Hall–Kier alpha value is -2.38. The highest BCUT2D eigenvalue weighted by Crippen LogP contribution is 2.28. The predicted molar refractivity (Wildman–Crippen MR) is 106 cm³/mol. The Bertz CT molecular complexity index is 857. The molecule has 2 aromatic rings. The maximum atomic E-state index is 12.8. The van der Waals surface area contributed by atoms with Gasteiger partial charge in [0, 0.05) is 10.9 Å². The van der Waals surface area contributed by atoms with E-state index in [1.54, 1.807) is 24.3 Å². The third-order valence-corrected chi connectivity index (χ3v) is 5.26. The van der Waals surface area contributed by atoms with Crippen molar-refractivity contribution in [3.8, 4) is 5.75 Å². The summed E-state index contributed by atoms with van der Waals surface area (Å²) in [4.78, 5) is 26.5. The highest BCUT2D eigenvalue weighted by molar-refractivity contribution is 9.10. The van der Waals surface area contributed by atoms with Gasteiger partial charge in [0.1, 0.15) is 11.8 Å². The number of rotatable bonds is 3. The number of para-hydroxylation sites is 1. The van der Waals surface area contributed by atoms with Crippen LogP contribution in [-0.2, 0) is 4.79 Å². The molecule has 0 unspecified atom stereocenters. The lowest BCUT2D eigenvalue weighted by atomic mass is 10.1. The minimum absolute atomic E-state index is 0.0534. The number of halogens is 1. The van der Waals surface area contributed by atoms with Gasteiger partial charge < -0.3 is 15.2 Å². The lowest BCUT2D eigenvalue weighted by molar-refractivity contribution is -0.119. The van der Waals surface area contributed by atoms with Crippen LogP contribution < -0.4 is 10.1 Å². The molecule has 0 aliphatic carbocycles. The molecule has 0 bridgehead atoms. The van der Waals surface area contributed by atoms with Crippen molar-refractivity contribution in [1.82, 2.24) is 4.90 Å². The number of likely N-dealkylation sites (tertiary alicyclic amines) is 1. The van der Waals surface area contributed by atoms with Crippen LogP contribution in [0.4, 0.5) is 10.5 Å². The zero-order valence-electron chi connectivity index (χ0n) is 15.1. The molecule has 1 aliphatic rings. The average Bonchev–Trinajstić information content (AvgIpc) is 3.02. The number of amides is 2. The molecule has 2 N–H and O–H groups in total. The number of aliphatic hydroxyl groups excluding tert-OH is 1. The van der Waals surface area contributed by atoms with Crippen LogP contribution in [0, 0.1) is 13.8 Å². The van der Waals surface area contributed by atoms with Crippen LogP contribution in [0.2, 0.25) is 0 Å². The molecule has 1 heterocycles. The number of benzene rings is 2. The topological polar surface area (TPSA) is 78.9 Å². The van der Waals surface area contributed by atoms with Crippen LogP contribution in [-0.4, -0.2) is 40.7 Å². The molecule has 2 atom stereocenters. The molecule has 1 saturated heterocycles. The van der Waals surface area contributed by atoms with Crippen LogP contribution in [0.5, 0.6) is 5.75 Å². The van der Waals surface area contributed by atoms with Gasteiger partial charge in [-0.25, -0.2) is 4.79 Å². The quantitative estimate of drug-likeness (QED) is 0.775. The van der Waals surface area contributed by atoms with E-state index < -0.39 is 18.2 Å². The van der Waals surface area contributed by atoms with Crippen molar-refractivity contribution < 1.29 is 19.4 Å². The lowest BCUT2D eigenvalue weighted by Gasteiger charge is -2.23. The van der Waals surface area contributed by atoms with Gasteiger partial charge in [-0.3, -0.25) is 9.69 Å². The minimum atomic E-state index is -0.801. The Kier molecular flexibility index (Phi) is 5.82. The molecule has 3 rings (SSSR count). The van der Waals surface area contributed by atoms with E-state index in [1.165, 1.54) is 4.90 Å². The van der Waals surface area contributed by atoms with Gasteiger partial charge in [-0.05, 0) is 65.2 Å². The first-order valence-electron chi connectivity index (χ1n) is 8.64. The number of anilines is 1. The SMILES string of the molecule is Cc1cc(Br)c(NC(=O)[C@@H]2C[C@H](O)CN2C(=O)Oc2ccccc2)cc1C. The molecular formula is C20H21BrN2O4. The second kappa shape index (κ2) is 8.10. The molecule has 27 heavy (non-hydrogen) atoms. The van der Waals surface area contributed by atoms with Gasteiger partial charge in [-0.2, -0.15) is 0 Å². The normalized spacial score (nSPS) is 19.0. The van der Waals surface area contributed by atoms with E-state index in [-0.39, 0.29) is 18.9 Å². The van der Waals surface area contributed by atoms with Gasteiger partial charge in [0.15, 0.2) is 0 Å². The molecule has 1 aliphatic heterocycles. The molecule has 6 nitrogen and oxygen atoms in total. The molecule has 1 fully saturated rings. The summed E-state index contributed by atoms with van der Waals surface area (Å²) in [5.74, 6) is 0.0282. The molecule has 2 amide bonds. The Morgan fingerprint density at radius 2 is 1.85 bits per heavy atom. The Morgan fingerprint density at radius 3 is 2.56 bits per heavy atom. The molecule has 0 radical (unpaired) electrons. The maximum Gasteiger partial charge on any atom is 0.416 e. The molecule has 0 aromatic heterocycles. The van der Waals surface area contributed by atoms with Crippen LogP contribution in [0.3, 0.4) is 0 Å². The fourth-order valence-electron chi connectivity index (χ4n) is 3.00. The molecule has 0 spiro atoms. The van der Waals surface area contributed by atoms with E-state index in [0.29, 0.717) is 11.4 Å². The van der Waals surface area contributed by atoms with Crippen LogP contribution in [0.1, 0.15) is 17.5 Å². The number of carbonyl (C=O) groups excluding carboxylic acids is 2. The van der Waals surface area contributed by atoms with Crippen molar-refractivity contribution in [2.45, 2.75) is 32.4 Å². The number of aryl methyl sites for hydroxylation is 2. The summed E-state index contributed by atoms with van der Waals surface area (Å²) in [7, 11) is 0. The van der Waals surface area contributed by atoms with E-state index in [0.717, 1.165) is 15.6 Å². The van der Waals surface area contributed by atoms with Gasteiger partial charge in [-0.15, -0.1) is 0 Å². The summed E-state index contributed by atoms with van der Waals surface area (Å²) in [6, 6.07) is 11.6. The summed E-state index contributed by atoms with van der Waals surface area (Å²) in [6.45, 7) is 4.00. The molecular weight excluding hydrogens is 412 g/mol. The summed E-state index contributed by atoms with van der Waals surface area (Å²) >= 11 is 3.45. The van der Waals surface area contributed by atoms with Crippen LogP contribution >= 0.6 is 15.9 Å². The largest absolute Gasteiger partial charge is 0.416 e. The van der Waals surface area contributed by atoms with Crippen molar-refractivity contribution >= 4 is 33.6 Å². The second-order valence-electron chi connectivity index (χ2n) is 6.64. The Labute approximate surface area is 166 Å². The molecule has 7 heteroatoms. The summed E-state index contributed by atoms with van der Waals surface area (Å²) in [5, 5.41) is 12.8. The molecule has 142 valence electrons. The summed E-state index contributed by atoms with van der Waals surface area (Å²) in [6.07, 6.45) is -1.26. The summed E-state index contributed by atoms with van der Waals surface area (Å²) in [5.41, 5.74) is 2.77. The average molecular weight is 433 g/mol. The Balaban J connectivity index is 1.74. The third kappa shape index (κ3) is 4.48. The summed E-state index contributed by atoms with van der Waals surface area (Å²) < 4.78 is 6.08. The number of hydrogen-bond donors (Lipinski definition) is 2. The van der Waals surface area contributed by atoms with Gasteiger partial charge in [0.05, 0.1) is 18.3 Å².